The van der Waals surface area contributed by atoms with E-state index in [1.807, 2.05) is 12.1 Å². The molecule has 0 unspecified atom stereocenters. The van der Waals surface area contributed by atoms with Gasteiger partial charge in [-0.3, -0.25) is 4.90 Å². The average Bonchev–Trinajstić information content (AvgIpc) is 2.64. The van der Waals surface area contributed by atoms with Gasteiger partial charge >= 0.3 is 0 Å². The van der Waals surface area contributed by atoms with Crippen LogP contribution in [0.25, 0.3) is 0 Å². The highest BCUT2D eigenvalue weighted by atomic mass is 35.5. The number of hydrogen-bond acceptors (Lipinski definition) is 2. The maximum atomic E-state index is 6.03. The van der Waals surface area contributed by atoms with Gasteiger partial charge in [-0.25, -0.2) is 0 Å². The van der Waals surface area contributed by atoms with Gasteiger partial charge in [-0.05, 0) is 41.3 Å². The molecule has 3 aromatic carbocycles. The zero-order valence-electron chi connectivity index (χ0n) is 15.2. The molecule has 3 heteroatoms. The fourth-order valence-electron chi connectivity index (χ4n) is 3.12. The second kappa shape index (κ2) is 9.00. The molecule has 0 radical (unpaired) electrons. The van der Waals surface area contributed by atoms with Crippen LogP contribution in [0.3, 0.4) is 0 Å². The molecule has 0 saturated heterocycles. The molecule has 0 atom stereocenters. The maximum absolute atomic E-state index is 6.03. The summed E-state index contributed by atoms with van der Waals surface area (Å²) in [6.07, 6.45) is 0. The summed E-state index contributed by atoms with van der Waals surface area (Å²) in [7, 11) is 0. The van der Waals surface area contributed by atoms with Crippen molar-refractivity contribution in [1.29, 1.82) is 0 Å². The highest BCUT2D eigenvalue weighted by molar-refractivity contribution is 6.30. The lowest BCUT2D eigenvalue weighted by Gasteiger charge is -2.23. The van der Waals surface area contributed by atoms with Gasteiger partial charge in [0.2, 0.25) is 0 Å². The van der Waals surface area contributed by atoms with Crippen molar-refractivity contribution in [1.82, 2.24) is 4.90 Å². The van der Waals surface area contributed by atoms with Crippen molar-refractivity contribution in [3.05, 3.63) is 106 Å². The van der Waals surface area contributed by atoms with Gasteiger partial charge in [0.05, 0.1) is 0 Å². The molecule has 3 rings (SSSR count). The summed E-state index contributed by atoms with van der Waals surface area (Å²) < 4.78 is 0. The first-order valence-electron chi connectivity index (χ1n) is 8.92. The van der Waals surface area contributed by atoms with Crippen LogP contribution < -0.4 is 5.73 Å². The van der Waals surface area contributed by atoms with Crippen LogP contribution in [0.15, 0.2) is 72.8 Å². The number of aryl methyl sites for hydroxylation is 1. The maximum Gasteiger partial charge on any atom is 0.0406 e. The molecule has 0 amide bonds. The number of halogens is 1. The summed E-state index contributed by atoms with van der Waals surface area (Å²) in [6.45, 7) is 5.39. The molecule has 2 nitrogen and oxygen atoms in total. The third-order valence-corrected chi connectivity index (χ3v) is 4.72. The summed E-state index contributed by atoms with van der Waals surface area (Å²) in [6, 6.07) is 25.4. The van der Waals surface area contributed by atoms with Crippen LogP contribution >= 0.6 is 11.6 Å². The van der Waals surface area contributed by atoms with E-state index in [9.17, 15) is 0 Å². The lowest BCUT2D eigenvalue weighted by molar-refractivity contribution is 0.247. The van der Waals surface area contributed by atoms with Gasteiger partial charge < -0.3 is 5.73 Å². The predicted octanol–water partition coefficient (Wildman–Crippen LogP) is 5.31. The third-order valence-electron chi connectivity index (χ3n) is 4.47. The normalized spacial score (nSPS) is 11.1. The van der Waals surface area contributed by atoms with E-state index >= 15 is 0 Å². The Morgan fingerprint density at radius 1 is 0.731 bits per heavy atom. The molecule has 0 aliphatic rings. The quantitative estimate of drug-likeness (QED) is 0.615. The molecule has 134 valence electrons. The van der Waals surface area contributed by atoms with E-state index in [-0.39, 0.29) is 0 Å². The van der Waals surface area contributed by atoms with Crippen molar-refractivity contribution < 1.29 is 0 Å². The van der Waals surface area contributed by atoms with E-state index in [1.54, 1.807) is 0 Å². The van der Waals surface area contributed by atoms with Crippen molar-refractivity contribution in [2.45, 2.75) is 33.1 Å². The zero-order valence-corrected chi connectivity index (χ0v) is 15.9. The fourth-order valence-corrected chi connectivity index (χ4v) is 3.25. The molecule has 0 aliphatic carbocycles. The minimum Gasteiger partial charge on any atom is -0.326 e. The highest BCUT2D eigenvalue weighted by Gasteiger charge is 2.09. The SMILES string of the molecule is Cc1cccc(CN(Cc2ccc(Cl)cc2)Cc2ccc(CN)cc2)c1. The van der Waals surface area contributed by atoms with E-state index < -0.39 is 0 Å². The highest BCUT2D eigenvalue weighted by Crippen LogP contribution is 2.17. The van der Waals surface area contributed by atoms with Crippen LogP contribution in [-0.4, -0.2) is 4.90 Å². The van der Waals surface area contributed by atoms with Gasteiger partial charge in [0.1, 0.15) is 0 Å². The summed E-state index contributed by atoms with van der Waals surface area (Å²) in [5, 5.41) is 0.774. The van der Waals surface area contributed by atoms with Crippen LogP contribution in [0.4, 0.5) is 0 Å². The lowest BCUT2D eigenvalue weighted by atomic mass is 10.1. The molecule has 26 heavy (non-hydrogen) atoms. The van der Waals surface area contributed by atoms with Crippen LogP contribution in [0.5, 0.6) is 0 Å². The number of benzene rings is 3. The summed E-state index contributed by atoms with van der Waals surface area (Å²) >= 11 is 6.03. The smallest absolute Gasteiger partial charge is 0.0406 e. The average molecular weight is 365 g/mol. The van der Waals surface area contributed by atoms with E-state index in [0.717, 1.165) is 30.2 Å². The molecule has 2 N–H and O–H groups in total. The van der Waals surface area contributed by atoms with Crippen molar-refractivity contribution in [3.8, 4) is 0 Å². The molecule has 0 saturated carbocycles. The first kappa shape index (κ1) is 18.7. The van der Waals surface area contributed by atoms with E-state index in [1.165, 1.54) is 22.3 Å². The summed E-state index contributed by atoms with van der Waals surface area (Å²) in [4.78, 5) is 2.45. The van der Waals surface area contributed by atoms with E-state index in [2.05, 4.69) is 72.5 Å². The Balaban J connectivity index is 1.78. The Morgan fingerprint density at radius 3 is 1.85 bits per heavy atom. The van der Waals surface area contributed by atoms with Crippen molar-refractivity contribution in [2.75, 3.05) is 0 Å². The van der Waals surface area contributed by atoms with Gasteiger partial charge in [-0.15, -0.1) is 0 Å². The lowest BCUT2D eigenvalue weighted by Crippen LogP contribution is -2.22. The monoisotopic (exact) mass is 364 g/mol. The third kappa shape index (κ3) is 5.43. The van der Waals surface area contributed by atoms with Crippen molar-refractivity contribution >= 4 is 11.6 Å². The minimum absolute atomic E-state index is 0.581. The molecule has 0 spiro atoms. The Bertz CT molecular complexity index is 826. The molecular formula is C23H25ClN2. The van der Waals surface area contributed by atoms with Crippen molar-refractivity contribution in [3.63, 3.8) is 0 Å². The summed E-state index contributed by atoms with van der Waals surface area (Å²) in [5.41, 5.74) is 12.1. The Morgan fingerprint density at radius 2 is 1.27 bits per heavy atom. The van der Waals surface area contributed by atoms with Gasteiger partial charge in [0.25, 0.3) is 0 Å². The van der Waals surface area contributed by atoms with Gasteiger partial charge in [0.15, 0.2) is 0 Å². The first-order valence-corrected chi connectivity index (χ1v) is 9.30. The van der Waals surface area contributed by atoms with Gasteiger partial charge in [0, 0.05) is 31.2 Å². The number of hydrogen-bond donors (Lipinski definition) is 1. The van der Waals surface area contributed by atoms with Crippen LogP contribution in [0, 0.1) is 6.92 Å². The fraction of sp³-hybridized carbons (Fsp3) is 0.217. The van der Waals surface area contributed by atoms with Crippen LogP contribution in [0.2, 0.25) is 5.02 Å². The van der Waals surface area contributed by atoms with Crippen LogP contribution in [0.1, 0.15) is 27.8 Å². The minimum atomic E-state index is 0.581. The number of nitrogens with zero attached hydrogens (tertiary/aromatic N) is 1. The Kier molecular flexibility index (Phi) is 6.45. The van der Waals surface area contributed by atoms with E-state index in [4.69, 9.17) is 17.3 Å². The number of rotatable bonds is 7. The Labute approximate surface area is 161 Å². The molecule has 0 heterocycles. The molecule has 0 aromatic heterocycles. The van der Waals surface area contributed by atoms with Gasteiger partial charge in [-0.1, -0.05) is 77.8 Å². The largest absolute Gasteiger partial charge is 0.326 e. The second-order valence-corrected chi connectivity index (χ2v) is 7.22. The van der Waals surface area contributed by atoms with E-state index in [0.29, 0.717) is 6.54 Å². The summed E-state index contributed by atoms with van der Waals surface area (Å²) in [5.74, 6) is 0. The Hall–Kier alpha value is -2.13. The molecular weight excluding hydrogens is 340 g/mol. The topological polar surface area (TPSA) is 29.3 Å². The van der Waals surface area contributed by atoms with Gasteiger partial charge in [-0.2, -0.15) is 0 Å². The number of nitrogens with two attached hydrogens (primary N) is 1. The molecule has 0 fully saturated rings. The molecule has 0 aliphatic heterocycles. The predicted molar refractivity (Wildman–Crippen MR) is 110 cm³/mol. The zero-order chi connectivity index (χ0) is 18.4. The second-order valence-electron chi connectivity index (χ2n) is 6.78. The molecule has 3 aromatic rings. The first-order chi connectivity index (χ1) is 12.6. The van der Waals surface area contributed by atoms with Crippen LogP contribution in [-0.2, 0) is 26.2 Å². The van der Waals surface area contributed by atoms with Crippen molar-refractivity contribution in [2.24, 2.45) is 5.73 Å². The molecule has 0 bridgehead atoms. The standard InChI is InChI=1S/C23H25ClN2/c1-18-3-2-4-22(13-18)17-26(16-21-9-11-23(24)12-10-21)15-20-7-5-19(14-25)6-8-20/h2-13H,14-17,25H2,1H3.